The highest BCUT2D eigenvalue weighted by Gasteiger charge is 2.25. The number of benzene rings is 2. The summed E-state index contributed by atoms with van der Waals surface area (Å²) in [5.74, 6) is 4.34. The third kappa shape index (κ3) is 3.25. The minimum absolute atomic E-state index is 0.0256. The summed E-state index contributed by atoms with van der Waals surface area (Å²) in [5.41, 5.74) is 12.1. The molecule has 0 radical (unpaired) electrons. The third-order valence-corrected chi connectivity index (χ3v) is 6.15. The molecule has 2 aliphatic rings. The second-order valence-electron chi connectivity index (χ2n) is 7.00. The number of rotatable bonds is 3. The van der Waals surface area contributed by atoms with E-state index in [1.165, 1.54) is 28.2 Å². The van der Waals surface area contributed by atoms with Crippen molar-refractivity contribution in [2.45, 2.75) is 38.8 Å². The van der Waals surface area contributed by atoms with Gasteiger partial charge in [0, 0.05) is 11.1 Å². The molecule has 2 heterocycles. The smallest absolute Gasteiger partial charge is 0.132 e. The lowest BCUT2D eigenvalue weighted by atomic mass is 9.92. The minimum atomic E-state index is -0.0256. The van der Waals surface area contributed by atoms with Gasteiger partial charge in [-0.3, -0.25) is 0 Å². The Hall–Kier alpha value is -1.65. The summed E-state index contributed by atoms with van der Waals surface area (Å²) in [6.45, 7) is 4.87. The molecule has 0 aliphatic carbocycles. The molecule has 3 nitrogen and oxygen atoms in total. The van der Waals surface area contributed by atoms with Gasteiger partial charge in [0.2, 0.25) is 0 Å². The maximum atomic E-state index is 6.25. The predicted octanol–water partition coefficient (Wildman–Crippen LogP) is 4.64. The van der Waals surface area contributed by atoms with Gasteiger partial charge in [-0.2, -0.15) is 11.8 Å². The summed E-state index contributed by atoms with van der Waals surface area (Å²) in [6.07, 6.45) is 2.64. The summed E-state index contributed by atoms with van der Waals surface area (Å²) in [7, 11) is 0. The molecular formula is C21H25NO2S. The van der Waals surface area contributed by atoms with Crippen molar-refractivity contribution in [2.75, 3.05) is 18.1 Å². The molecule has 0 spiro atoms. The summed E-state index contributed by atoms with van der Waals surface area (Å²) >= 11 is 2.02. The Bertz CT molecular complexity index is 760. The van der Waals surface area contributed by atoms with E-state index in [2.05, 4.69) is 44.2 Å². The van der Waals surface area contributed by atoms with Crippen LogP contribution in [0.3, 0.4) is 0 Å². The molecule has 2 N–H and O–H groups in total. The second kappa shape index (κ2) is 6.93. The monoisotopic (exact) mass is 355 g/mol. The summed E-state index contributed by atoms with van der Waals surface area (Å²) < 4.78 is 12.2. The van der Waals surface area contributed by atoms with E-state index >= 15 is 0 Å². The van der Waals surface area contributed by atoms with Gasteiger partial charge >= 0.3 is 0 Å². The first-order valence-corrected chi connectivity index (χ1v) is 10.2. The van der Waals surface area contributed by atoms with Crippen molar-refractivity contribution in [3.63, 3.8) is 0 Å². The average Bonchev–Trinajstić information content (AvgIpc) is 2.97. The Morgan fingerprint density at radius 1 is 1.12 bits per heavy atom. The molecule has 0 saturated carbocycles. The maximum Gasteiger partial charge on any atom is 0.132 e. The van der Waals surface area contributed by atoms with Crippen molar-refractivity contribution in [1.82, 2.24) is 0 Å². The van der Waals surface area contributed by atoms with Crippen LogP contribution in [0, 0.1) is 13.8 Å². The van der Waals surface area contributed by atoms with Crippen LogP contribution in [0.2, 0.25) is 0 Å². The van der Waals surface area contributed by atoms with Crippen molar-refractivity contribution < 1.29 is 9.47 Å². The SMILES string of the molecule is Cc1cc(OC2CCSCC2)cc(C)c1-c1cccc2c1OCC2N. The van der Waals surface area contributed by atoms with Crippen molar-refractivity contribution in [2.24, 2.45) is 5.73 Å². The van der Waals surface area contributed by atoms with Crippen LogP contribution in [0.4, 0.5) is 0 Å². The number of aryl methyl sites for hydroxylation is 2. The van der Waals surface area contributed by atoms with Gasteiger partial charge < -0.3 is 15.2 Å². The first-order chi connectivity index (χ1) is 12.1. The molecule has 1 fully saturated rings. The Balaban J connectivity index is 1.68. The van der Waals surface area contributed by atoms with Crippen molar-refractivity contribution in [3.8, 4) is 22.6 Å². The molecule has 1 atom stereocenters. The van der Waals surface area contributed by atoms with E-state index in [9.17, 15) is 0 Å². The first-order valence-electron chi connectivity index (χ1n) is 9.01. The van der Waals surface area contributed by atoms with Gasteiger partial charge in [-0.1, -0.05) is 18.2 Å². The number of hydrogen-bond donors (Lipinski definition) is 1. The fourth-order valence-electron chi connectivity index (χ4n) is 3.87. The number of thioether (sulfide) groups is 1. The van der Waals surface area contributed by atoms with Gasteiger partial charge in [-0.25, -0.2) is 0 Å². The van der Waals surface area contributed by atoms with Gasteiger partial charge in [0.1, 0.15) is 24.2 Å². The van der Waals surface area contributed by atoms with Crippen LogP contribution in [0.1, 0.15) is 35.6 Å². The maximum absolute atomic E-state index is 6.25. The molecule has 4 rings (SSSR count). The molecule has 4 heteroatoms. The largest absolute Gasteiger partial charge is 0.491 e. The molecule has 1 saturated heterocycles. The van der Waals surface area contributed by atoms with Crippen LogP contribution in [0.5, 0.6) is 11.5 Å². The fraction of sp³-hybridized carbons (Fsp3) is 0.429. The molecule has 2 aliphatic heterocycles. The molecule has 0 aromatic heterocycles. The Morgan fingerprint density at radius 3 is 2.56 bits per heavy atom. The lowest BCUT2D eigenvalue weighted by molar-refractivity contribution is 0.192. The molecule has 2 aromatic rings. The standard InChI is InChI=1S/C21H25NO2S/c1-13-10-16(24-15-6-8-25-9-7-15)11-14(2)20(13)18-5-3-4-17-19(22)12-23-21(17)18/h3-5,10-11,15,19H,6-9,12,22H2,1-2H3. The van der Waals surface area contributed by atoms with Crippen LogP contribution in [-0.4, -0.2) is 24.2 Å². The number of nitrogens with two attached hydrogens (primary N) is 1. The van der Waals surface area contributed by atoms with Crippen molar-refractivity contribution in [3.05, 3.63) is 47.0 Å². The van der Waals surface area contributed by atoms with Crippen LogP contribution in [-0.2, 0) is 0 Å². The Morgan fingerprint density at radius 2 is 1.84 bits per heavy atom. The number of ether oxygens (including phenoxy) is 2. The highest BCUT2D eigenvalue weighted by molar-refractivity contribution is 7.99. The van der Waals surface area contributed by atoms with Crippen LogP contribution in [0.25, 0.3) is 11.1 Å². The quantitative estimate of drug-likeness (QED) is 0.871. The van der Waals surface area contributed by atoms with E-state index in [0.29, 0.717) is 12.7 Å². The predicted molar refractivity (Wildman–Crippen MR) is 105 cm³/mol. The zero-order valence-electron chi connectivity index (χ0n) is 14.9. The van der Waals surface area contributed by atoms with E-state index in [1.54, 1.807) is 0 Å². The normalized spacial score (nSPS) is 20.2. The average molecular weight is 356 g/mol. The minimum Gasteiger partial charge on any atom is -0.491 e. The molecule has 132 valence electrons. The zero-order chi connectivity index (χ0) is 17.4. The van der Waals surface area contributed by atoms with Crippen LogP contribution >= 0.6 is 11.8 Å². The molecule has 1 unspecified atom stereocenters. The van der Waals surface area contributed by atoms with Gasteiger partial charge in [-0.05, 0) is 67.0 Å². The highest BCUT2D eigenvalue weighted by atomic mass is 32.2. The number of hydrogen-bond acceptors (Lipinski definition) is 4. The summed E-state index contributed by atoms with van der Waals surface area (Å²) in [4.78, 5) is 0. The van der Waals surface area contributed by atoms with E-state index < -0.39 is 0 Å². The first kappa shape index (κ1) is 16.8. The van der Waals surface area contributed by atoms with Crippen LogP contribution in [0.15, 0.2) is 30.3 Å². The number of fused-ring (bicyclic) bond motifs is 1. The van der Waals surface area contributed by atoms with E-state index in [4.69, 9.17) is 15.2 Å². The molecule has 0 amide bonds. The van der Waals surface area contributed by atoms with Gasteiger partial charge in [0.05, 0.1) is 6.04 Å². The molecule has 2 aromatic carbocycles. The second-order valence-corrected chi connectivity index (χ2v) is 8.23. The highest BCUT2D eigenvalue weighted by Crippen LogP contribution is 2.43. The van der Waals surface area contributed by atoms with Gasteiger partial charge in [0.25, 0.3) is 0 Å². The summed E-state index contributed by atoms with van der Waals surface area (Å²) in [6, 6.07) is 10.6. The van der Waals surface area contributed by atoms with Crippen LogP contribution < -0.4 is 15.2 Å². The molecule has 0 bridgehead atoms. The third-order valence-electron chi connectivity index (χ3n) is 5.10. The topological polar surface area (TPSA) is 44.5 Å². The zero-order valence-corrected chi connectivity index (χ0v) is 15.7. The van der Waals surface area contributed by atoms with Gasteiger partial charge in [-0.15, -0.1) is 0 Å². The van der Waals surface area contributed by atoms with Crippen molar-refractivity contribution >= 4 is 11.8 Å². The van der Waals surface area contributed by atoms with E-state index in [-0.39, 0.29) is 6.04 Å². The lowest BCUT2D eigenvalue weighted by Crippen LogP contribution is -2.22. The molecule has 25 heavy (non-hydrogen) atoms. The Kier molecular flexibility index (Phi) is 4.65. The van der Waals surface area contributed by atoms with E-state index in [0.717, 1.165) is 35.5 Å². The summed E-state index contributed by atoms with van der Waals surface area (Å²) in [5, 5.41) is 0. The number of para-hydroxylation sites is 1. The van der Waals surface area contributed by atoms with Gasteiger partial charge in [0.15, 0.2) is 0 Å². The van der Waals surface area contributed by atoms with Crippen molar-refractivity contribution in [1.29, 1.82) is 0 Å². The molecular weight excluding hydrogens is 330 g/mol. The lowest BCUT2D eigenvalue weighted by Gasteiger charge is -2.24. The van der Waals surface area contributed by atoms with E-state index in [1.807, 2.05) is 11.8 Å². The Labute approximate surface area is 153 Å². The fourth-order valence-corrected chi connectivity index (χ4v) is 4.93.